The topological polar surface area (TPSA) is 44.5 Å². The predicted octanol–water partition coefficient (Wildman–Crippen LogP) is 3.09. The van der Waals surface area contributed by atoms with E-state index in [1.165, 1.54) is 12.1 Å². The van der Waals surface area contributed by atoms with E-state index in [0.29, 0.717) is 22.5 Å². The van der Waals surface area contributed by atoms with Crippen LogP contribution in [0.5, 0.6) is 0 Å². The molecule has 0 saturated carbocycles. The Kier molecular flexibility index (Phi) is 3.42. The lowest BCUT2D eigenvalue weighted by molar-refractivity contribution is 0.00578. The Labute approximate surface area is 129 Å². The first-order valence-electron chi connectivity index (χ1n) is 7.29. The summed E-state index contributed by atoms with van der Waals surface area (Å²) < 4.78 is 30.9. The van der Waals surface area contributed by atoms with Gasteiger partial charge in [-0.25, -0.2) is 4.39 Å². The van der Waals surface area contributed by atoms with E-state index < -0.39 is 18.3 Å². The molecule has 0 atom stereocenters. The van der Waals surface area contributed by atoms with Crippen molar-refractivity contribution in [3.8, 4) is 11.3 Å². The van der Waals surface area contributed by atoms with Crippen molar-refractivity contribution in [3.05, 3.63) is 35.8 Å². The Balaban J connectivity index is 2.05. The van der Waals surface area contributed by atoms with E-state index in [9.17, 15) is 4.39 Å². The zero-order chi connectivity index (χ0) is 16.1. The molecule has 0 spiro atoms. The van der Waals surface area contributed by atoms with Crippen LogP contribution in [0, 0.1) is 12.7 Å². The van der Waals surface area contributed by atoms with Crippen LogP contribution in [0.15, 0.2) is 28.8 Å². The molecule has 0 amide bonds. The van der Waals surface area contributed by atoms with Crippen molar-refractivity contribution in [1.82, 2.24) is 5.16 Å². The Morgan fingerprint density at radius 1 is 1.09 bits per heavy atom. The second kappa shape index (κ2) is 4.93. The van der Waals surface area contributed by atoms with E-state index in [2.05, 4.69) is 5.16 Å². The van der Waals surface area contributed by atoms with Crippen molar-refractivity contribution < 1.29 is 18.2 Å². The third kappa shape index (κ3) is 2.36. The fraction of sp³-hybridized carbons (Fsp3) is 0.438. The van der Waals surface area contributed by atoms with Crippen molar-refractivity contribution in [2.75, 3.05) is 0 Å². The van der Waals surface area contributed by atoms with Gasteiger partial charge in [0.1, 0.15) is 17.3 Å². The third-order valence-electron chi connectivity index (χ3n) is 4.50. The van der Waals surface area contributed by atoms with E-state index in [1.54, 1.807) is 19.1 Å². The van der Waals surface area contributed by atoms with Gasteiger partial charge in [-0.05, 0) is 46.8 Å². The zero-order valence-electron chi connectivity index (χ0n) is 13.4. The van der Waals surface area contributed by atoms with Crippen LogP contribution in [0.3, 0.4) is 0 Å². The Morgan fingerprint density at radius 2 is 1.73 bits per heavy atom. The molecule has 0 aliphatic carbocycles. The number of halogens is 1. The van der Waals surface area contributed by atoms with Gasteiger partial charge < -0.3 is 13.8 Å². The first kappa shape index (κ1) is 15.2. The monoisotopic (exact) mass is 303 g/mol. The molecule has 2 heterocycles. The van der Waals surface area contributed by atoms with E-state index in [4.69, 9.17) is 13.8 Å². The predicted molar refractivity (Wildman–Crippen MR) is 82.4 cm³/mol. The number of aromatic nitrogens is 1. The molecule has 1 aliphatic heterocycles. The van der Waals surface area contributed by atoms with E-state index >= 15 is 0 Å². The highest BCUT2D eigenvalue weighted by Gasteiger charge is 2.53. The maximum Gasteiger partial charge on any atom is 0.500 e. The van der Waals surface area contributed by atoms with Crippen LogP contribution < -0.4 is 5.46 Å². The average molecular weight is 303 g/mol. The Bertz CT molecular complexity index is 695. The van der Waals surface area contributed by atoms with Gasteiger partial charge in [0, 0.05) is 5.56 Å². The van der Waals surface area contributed by atoms with Crippen LogP contribution in [-0.4, -0.2) is 23.5 Å². The number of hydrogen-bond acceptors (Lipinski definition) is 4. The lowest BCUT2D eigenvalue weighted by atomic mass is 9.76. The molecule has 2 aromatic rings. The molecule has 3 rings (SSSR count). The number of hydrogen-bond donors (Lipinski definition) is 0. The Hall–Kier alpha value is -1.66. The van der Waals surface area contributed by atoms with Gasteiger partial charge in [0.15, 0.2) is 0 Å². The van der Waals surface area contributed by atoms with Gasteiger partial charge >= 0.3 is 7.12 Å². The number of aryl methyl sites for hydroxylation is 1. The molecule has 4 nitrogen and oxygen atoms in total. The molecular weight excluding hydrogens is 284 g/mol. The highest BCUT2D eigenvalue weighted by Crippen LogP contribution is 2.37. The maximum atomic E-state index is 13.5. The van der Waals surface area contributed by atoms with Gasteiger partial charge in [-0.3, -0.25) is 0 Å². The van der Waals surface area contributed by atoms with E-state index in [-0.39, 0.29) is 5.82 Å². The first-order valence-corrected chi connectivity index (χ1v) is 7.29. The zero-order valence-corrected chi connectivity index (χ0v) is 13.4. The minimum absolute atomic E-state index is 0.321. The second-order valence-corrected chi connectivity index (χ2v) is 6.60. The summed E-state index contributed by atoms with van der Waals surface area (Å²) in [6, 6.07) is 6.24. The van der Waals surface area contributed by atoms with Gasteiger partial charge in [-0.15, -0.1) is 0 Å². The standard InChI is InChI=1S/C16H19BFNO3/c1-10-13(17-21-15(2,3)16(4,5)22-17)14(19-20-10)11-7-6-8-12(18)9-11/h6-9H,1-5H3. The molecule has 1 aromatic carbocycles. The fourth-order valence-electron chi connectivity index (χ4n) is 2.46. The quantitative estimate of drug-likeness (QED) is 0.800. The number of nitrogens with zero attached hydrogens (tertiary/aromatic N) is 1. The first-order chi connectivity index (χ1) is 10.2. The van der Waals surface area contributed by atoms with Gasteiger partial charge in [0.05, 0.1) is 16.7 Å². The fourth-order valence-corrected chi connectivity index (χ4v) is 2.46. The van der Waals surface area contributed by atoms with Crippen molar-refractivity contribution in [1.29, 1.82) is 0 Å². The molecule has 22 heavy (non-hydrogen) atoms. The SMILES string of the molecule is Cc1onc(-c2cccc(F)c2)c1B1OC(C)(C)C(C)(C)O1. The molecule has 0 bridgehead atoms. The molecule has 6 heteroatoms. The van der Waals surface area contributed by atoms with Crippen LogP contribution in [0.4, 0.5) is 4.39 Å². The molecule has 1 fully saturated rings. The number of benzene rings is 1. The average Bonchev–Trinajstić information content (AvgIpc) is 2.87. The van der Waals surface area contributed by atoms with Crippen LogP contribution in [-0.2, 0) is 9.31 Å². The maximum absolute atomic E-state index is 13.5. The molecular formula is C16H19BFNO3. The van der Waals surface area contributed by atoms with Crippen molar-refractivity contribution in [3.63, 3.8) is 0 Å². The van der Waals surface area contributed by atoms with Gasteiger partial charge in [-0.2, -0.15) is 0 Å². The van der Waals surface area contributed by atoms with Gasteiger partial charge in [0.25, 0.3) is 0 Å². The summed E-state index contributed by atoms with van der Waals surface area (Å²) in [4.78, 5) is 0. The van der Waals surface area contributed by atoms with Crippen LogP contribution in [0.2, 0.25) is 0 Å². The minimum Gasteiger partial charge on any atom is -0.399 e. The van der Waals surface area contributed by atoms with E-state index in [0.717, 1.165) is 0 Å². The lowest BCUT2D eigenvalue weighted by Crippen LogP contribution is -2.41. The molecule has 0 N–H and O–H groups in total. The smallest absolute Gasteiger partial charge is 0.399 e. The number of rotatable bonds is 2. The largest absolute Gasteiger partial charge is 0.500 e. The minimum atomic E-state index is -0.588. The van der Waals surface area contributed by atoms with Crippen molar-refractivity contribution in [2.24, 2.45) is 0 Å². The van der Waals surface area contributed by atoms with Crippen LogP contribution in [0.25, 0.3) is 11.3 Å². The highest BCUT2D eigenvalue weighted by atomic mass is 19.1. The summed E-state index contributed by atoms with van der Waals surface area (Å²) in [5.41, 5.74) is 0.988. The summed E-state index contributed by atoms with van der Waals surface area (Å²) in [6.45, 7) is 9.74. The van der Waals surface area contributed by atoms with E-state index in [1.807, 2.05) is 27.7 Å². The van der Waals surface area contributed by atoms with Crippen molar-refractivity contribution in [2.45, 2.75) is 45.8 Å². The Morgan fingerprint density at radius 3 is 2.32 bits per heavy atom. The molecule has 1 saturated heterocycles. The van der Waals surface area contributed by atoms with Crippen molar-refractivity contribution >= 4 is 12.6 Å². The normalized spacial score (nSPS) is 19.6. The summed E-state index contributed by atoms with van der Waals surface area (Å²) in [7, 11) is -0.588. The molecule has 1 aliphatic rings. The summed E-state index contributed by atoms with van der Waals surface area (Å²) in [5, 5.41) is 4.07. The molecule has 1 aromatic heterocycles. The summed E-state index contributed by atoms with van der Waals surface area (Å²) >= 11 is 0. The molecule has 0 radical (unpaired) electrons. The molecule has 116 valence electrons. The van der Waals surface area contributed by atoms with Crippen LogP contribution in [0.1, 0.15) is 33.5 Å². The van der Waals surface area contributed by atoms with Gasteiger partial charge in [-0.1, -0.05) is 17.3 Å². The highest BCUT2D eigenvalue weighted by molar-refractivity contribution is 6.64. The second-order valence-electron chi connectivity index (χ2n) is 6.60. The summed E-state index contributed by atoms with van der Waals surface area (Å²) in [5.74, 6) is 0.288. The van der Waals surface area contributed by atoms with Crippen LogP contribution >= 0.6 is 0 Å². The van der Waals surface area contributed by atoms with Gasteiger partial charge in [0.2, 0.25) is 0 Å². The third-order valence-corrected chi connectivity index (χ3v) is 4.50. The summed E-state index contributed by atoms with van der Waals surface area (Å²) in [6.07, 6.45) is 0. The molecule has 0 unspecified atom stereocenters. The lowest BCUT2D eigenvalue weighted by Gasteiger charge is -2.32.